The summed E-state index contributed by atoms with van der Waals surface area (Å²) in [5.74, 6) is 0.0462. The molecular formula is C26H29N3O3. The molecule has 6 heteroatoms. The van der Waals surface area contributed by atoms with E-state index in [0.29, 0.717) is 38.5 Å². The molecular weight excluding hydrogens is 402 g/mol. The predicted molar refractivity (Wildman–Crippen MR) is 124 cm³/mol. The molecule has 1 amide bonds. The van der Waals surface area contributed by atoms with Crippen LogP contribution in [0.15, 0.2) is 60.7 Å². The molecule has 0 spiro atoms. The quantitative estimate of drug-likeness (QED) is 0.620. The van der Waals surface area contributed by atoms with Crippen molar-refractivity contribution in [2.24, 2.45) is 0 Å². The smallest absolute Gasteiger partial charge is 0.254 e. The van der Waals surface area contributed by atoms with Gasteiger partial charge in [0.1, 0.15) is 6.10 Å². The van der Waals surface area contributed by atoms with Gasteiger partial charge in [0.25, 0.3) is 5.91 Å². The van der Waals surface area contributed by atoms with Gasteiger partial charge in [-0.1, -0.05) is 48.5 Å². The van der Waals surface area contributed by atoms with Crippen molar-refractivity contribution in [1.82, 2.24) is 14.8 Å². The molecule has 2 aromatic carbocycles. The number of hydrogen-bond donors (Lipinski definition) is 0. The Morgan fingerprint density at radius 3 is 2.59 bits per heavy atom. The summed E-state index contributed by atoms with van der Waals surface area (Å²) >= 11 is 0. The first-order chi connectivity index (χ1) is 15.8. The van der Waals surface area contributed by atoms with Crippen LogP contribution in [0.25, 0.3) is 10.9 Å². The molecule has 2 aliphatic heterocycles. The summed E-state index contributed by atoms with van der Waals surface area (Å²) in [4.78, 5) is 22.6. The van der Waals surface area contributed by atoms with E-state index < -0.39 is 0 Å². The van der Waals surface area contributed by atoms with Gasteiger partial charge < -0.3 is 14.4 Å². The SMILES string of the molecule is O=C(c1cc([C@@H]2CN(CCc3ccccc3)CCO2)nc2ccccc12)N1CCOCC1. The lowest BCUT2D eigenvalue weighted by molar-refractivity contribution is -0.0315. The normalized spacial score (nSPS) is 19.9. The summed E-state index contributed by atoms with van der Waals surface area (Å²) in [5.41, 5.74) is 3.73. The maximum Gasteiger partial charge on any atom is 0.254 e. The lowest BCUT2D eigenvalue weighted by Gasteiger charge is -2.33. The molecule has 3 heterocycles. The first-order valence-electron chi connectivity index (χ1n) is 11.4. The molecule has 0 saturated carbocycles. The number of para-hydroxylation sites is 1. The van der Waals surface area contributed by atoms with E-state index in [9.17, 15) is 4.79 Å². The zero-order chi connectivity index (χ0) is 21.8. The minimum Gasteiger partial charge on any atom is -0.378 e. The fourth-order valence-corrected chi connectivity index (χ4v) is 4.49. The van der Waals surface area contributed by atoms with Crippen LogP contribution in [-0.4, -0.2) is 73.2 Å². The molecule has 0 N–H and O–H groups in total. The lowest BCUT2D eigenvalue weighted by atomic mass is 10.0. The Labute approximate surface area is 188 Å². The van der Waals surface area contributed by atoms with Crippen LogP contribution < -0.4 is 0 Å². The Balaban J connectivity index is 1.37. The molecule has 2 saturated heterocycles. The van der Waals surface area contributed by atoms with Crippen LogP contribution in [0.2, 0.25) is 0 Å². The number of benzene rings is 2. The van der Waals surface area contributed by atoms with E-state index in [1.54, 1.807) is 0 Å². The van der Waals surface area contributed by atoms with Gasteiger partial charge >= 0.3 is 0 Å². The highest BCUT2D eigenvalue weighted by Crippen LogP contribution is 2.27. The number of morpholine rings is 2. The van der Waals surface area contributed by atoms with E-state index in [2.05, 4.69) is 35.2 Å². The average Bonchev–Trinajstić information content (AvgIpc) is 2.88. The summed E-state index contributed by atoms with van der Waals surface area (Å²) in [5, 5.41) is 0.893. The number of amides is 1. The van der Waals surface area contributed by atoms with Crippen molar-refractivity contribution >= 4 is 16.8 Å². The van der Waals surface area contributed by atoms with Crippen molar-refractivity contribution in [1.29, 1.82) is 0 Å². The maximum absolute atomic E-state index is 13.4. The number of pyridine rings is 1. The van der Waals surface area contributed by atoms with Crippen molar-refractivity contribution in [2.45, 2.75) is 12.5 Å². The van der Waals surface area contributed by atoms with Gasteiger partial charge in [0.15, 0.2) is 0 Å². The Kier molecular flexibility index (Phi) is 6.44. The Bertz CT molecular complexity index is 1070. The van der Waals surface area contributed by atoms with Gasteiger partial charge in [-0.05, 0) is 24.1 Å². The molecule has 2 fully saturated rings. The van der Waals surface area contributed by atoms with Crippen LogP contribution in [0, 0.1) is 0 Å². The van der Waals surface area contributed by atoms with E-state index in [0.717, 1.165) is 42.7 Å². The summed E-state index contributed by atoms with van der Waals surface area (Å²) < 4.78 is 11.6. The van der Waals surface area contributed by atoms with E-state index in [-0.39, 0.29) is 12.0 Å². The number of hydrogen-bond acceptors (Lipinski definition) is 5. The molecule has 166 valence electrons. The molecule has 0 unspecified atom stereocenters. The third-order valence-corrected chi connectivity index (χ3v) is 6.30. The molecule has 0 aliphatic carbocycles. The summed E-state index contributed by atoms with van der Waals surface area (Å²) in [6, 6.07) is 20.4. The third-order valence-electron chi connectivity index (χ3n) is 6.30. The first-order valence-corrected chi connectivity index (χ1v) is 11.4. The van der Waals surface area contributed by atoms with Crippen LogP contribution >= 0.6 is 0 Å². The number of carbonyl (C=O) groups excluding carboxylic acids is 1. The number of fused-ring (bicyclic) bond motifs is 1. The fraction of sp³-hybridized carbons (Fsp3) is 0.385. The second-order valence-corrected chi connectivity index (χ2v) is 8.41. The van der Waals surface area contributed by atoms with Gasteiger partial charge in [-0.3, -0.25) is 9.69 Å². The number of ether oxygens (including phenoxy) is 2. The predicted octanol–water partition coefficient (Wildman–Crippen LogP) is 3.32. The minimum absolute atomic E-state index is 0.0462. The number of carbonyl (C=O) groups is 1. The monoisotopic (exact) mass is 431 g/mol. The highest BCUT2D eigenvalue weighted by molar-refractivity contribution is 6.06. The molecule has 3 aromatic rings. The fourth-order valence-electron chi connectivity index (χ4n) is 4.49. The summed E-state index contributed by atoms with van der Waals surface area (Å²) in [6.45, 7) is 5.76. The van der Waals surface area contributed by atoms with Gasteiger partial charge in [0.2, 0.25) is 0 Å². The largest absolute Gasteiger partial charge is 0.378 e. The van der Waals surface area contributed by atoms with Gasteiger partial charge in [-0.15, -0.1) is 0 Å². The van der Waals surface area contributed by atoms with Crippen molar-refractivity contribution in [3.63, 3.8) is 0 Å². The molecule has 32 heavy (non-hydrogen) atoms. The van der Waals surface area contributed by atoms with Crippen LogP contribution in [0.5, 0.6) is 0 Å². The van der Waals surface area contributed by atoms with Gasteiger partial charge in [-0.2, -0.15) is 0 Å². The molecule has 1 aromatic heterocycles. The van der Waals surface area contributed by atoms with Crippen molar-refractivity contribution in [2.75, 3.05) is 52.5 Å². The summed E-state index contributed by atoms with van der Waals surface area (Å²) in [7, 11) is 0. The first kappa shape index (κ1) is 21.1. The number of nitrogens with zero attached hydrogens (tertiary/aromatic N) is 3. The summed E-state index contributed by atoms with van der Waals surface area (Å²) in [6.07, 6.45) is 0.875. The number of rotatable bonds is 5. The van der Waals surface area contributed by atoms with E-state index in [1.165, 1.54) is 5.56 Å². The molecule has 5 rings (SSSR count). The van der Waals surface area contributed by atoms with Crippen LogP contribution in [0.3, 0.4) is 0 Å². The second kappa shape index (κ2) is 9.77. The molecule has 6 nitrogen and oxygen atoms in total. The van der Waals surface area contributed by atoms with E-state index in [1.807, 2.05) is 35.2 Å². The molecule has 1 atom stereocenters. The highest BCUT2D eigenvalue weighted by Gasteiger charge is 2.27. The Morgan fingerprint density at radius 2 is 1.75 bits per heavy atom. The van der Waals surface area contributed by atoms with Crippen molar-refractivity contribution in [3.05, 3.63) is 77.5 Å². The van der Waals surface area contributed by atoms with E-state index in [4.69, 9.17) is 14.5 Å². The zero-order valence-electron chi connectivity index (χ0n) is 18.3. The minimum atomic E-state index is -0.139. The molecule has 0 radical (unpaired) electrons. The highest BCUT2D eigenvalue weighted by atomic mass is 16.5. The van der Waals surface area contributed by atoms with Crippen LogP contribution in [0.4, 0.5) is 0 Å². The van der Waals surface area contributed by atoms with E-state index >= 15 is 0 Å². The second-order valence-electron chi connectivity index (χ2n) is 8.41. The third kappa shape index (κ3) is 4.67. The Morgan fingerprint density at radius 1 is 0.969 bits per heavy atom. The zero-order valence-corrected chi connectivity index (χ0v) is 18.3. The number of aromatic nitrogens is 1. The molecule has 2 aliphatic rings. The van der Waals surface area contributed by atoms with Gasteiger partial charge in [0.05, 0.1) is 36.6 Å². The van der Waals surface area contributed by atoms with Gasteiger partial charge in [-0.25, -0.2) is 4.98 Å². The lowest BCUT2D eigenvalue weighted by Crippen LogP contribution is -2.41. The molecule has 0 bridgehead atoms. The van der Waals surface area contributed by atoms with Crippen molar-refractivity contribution < 1.29 is 14.3 Å². The van der Waals surface area contributed by atoms with Crippen LogP contribution in [0.1, 0.15) is 27.7 Å². The average molecular weight is 432 g/mol. The topological polar surface area (TPSA) is 54.9 Å². The van der Waals surface area contributed by atoms with Gasteiger partial charge in [0, 0.05) is 38.1 Å². The standard InChI is InChI=1S/C26H29N3O3/c30-26(29-13-15-31-16-14-29)22-18-24(27-23-9-5-4-8-21(22)23)25-19-28(12-17-32-25)11-10-20-6-2-1-3-7-20/h1-9,18,25H,10-17,19H2/t25-/m0/s1. The van der Waals surface area contributed by atoms with Crippen LogP contribution in [-0.2, 0) is 15.9 Å². The maximum atomic E-state index is 13.4. The Hall–Kier alpha value is -2.80. The van der Waals surface area contributed by atoms with Crippen molar-refractivity contribution in [3.8, 4) is 0 Å².